The van der Waals surface area contributed by atoms with Crippen molar-refractivity contribution in [1.29, 1.82) is 0 Å². The molecule has 0 spiro atoms. The Bertz CT molecular complexity index is 775. The van der Waals surface area contributed by atoms with Gasteiger partial charge in [0.05, 0.1) is 23.6 Å². The van der Waals surface area contributed by atoms with Crippen LogP contribution in [0.1, 0.15) is 44.0 Å². The minimum atomic E-state index is -4.51. The molecule has 142 valence electrons. The van der Waals surface area contributed by atoms with Crippen LogP contribution >= 0.6 is 0 Å². The number of halogens is 3. The molecule has 1 aliphatic rings. The molecule has 9 heteroatoms. The molecule has 3 rings (SSSR count). The summed E-state index contributed by atoms with van der Waals surface area (Å²) in [6.07, 6.45) is 0.0888. The van der Waals surface area contributed by atoms with Crippen molar-refractivity contribution in [2.75, 3.05) is 17.7 Å². The molecule has 0 amide bonds. The second-order valence-corrected chi connectivity index (χ2v) is 7.00. The first-order chi connectivity index (χ1) is 12.2. The molecule has 0 radical (unpaired) electrons. The molecule has 1 saturated carbocycles. The zero-order chi connectivity index (χ0) is 19.1. The number of rotatable bonds is 4. The van der Waals surface area contributed by atoms with Crippen molar-refractivity contribution in [3.05, 3.63) is 23.7 Å². The molecule has 0 aromatic carbocycles. The molecule has 3 atom stereocenters. The van der Waals surface area contributed by atoms with Crippen molar-refractivity contribution in [2.45, 2.75) is 45.8 Å². The summed E-state index contributed by atoms with van der Waals surface area (Å²) < 4.78 is 40.8. The number of alkyl halides is 3. The lowest BCUT2D eigenvalue weighted by molar-refractivity contribution is -0.137. The summed E-state index contributed by atoms with van der Waals surface area (Å²) in [5, 5.41) is 9.91. The van der Waals surface area contributed by atoms with E-state index in [2.05, 4.69) is 39.5 Å². The number of aromatic nitrogens is 4. The van der Waals surface area contributed by atoms with Gasteiger partial charge in [-0.3, -0.25) is 4.68 Å². The van der Waals surface area contributed by atoms with E-state index >= 15 is 0 Å². The summed E-state index contributed by atoms with van der Waals surface area (Å²) in [4.78, 5) is 7.74. The molecule has 1 fully saturated rings. The highest BCUT2D eigenvalue weighted by Crippen LogP contribution is 2.40. The Balaban J connectivity index is 1.82. The highest BCUT2D eigenvalue weighted by Gasteiger charge is 2.35. The Morgan fingerprint density at radius 3 is 2.38 bits per heavy atom. The van der Waals surface area contributed by atoms with E-state index < -0.39 is 11.7 Å². The lowest BCUT2D eigenvalue weighted by Crippen LogP contribution is -2.13. The van der Waals surface area contributed by atoms with Crippen LogP contribution in [0.4, 0.5) is 30.6 Å². The third-order valence-electron chi connectivity index (χ3n) is 5.23. The first kappa shape index (κ1) is 18.5. The van der Waals surface area contributed by atoms with Crippen LogP contribution in [0.25, 0.3) is 0 Å². The quantitative estimate of drug-likeness (QED) is 0.838. The largest absolute Gasteiger partial charge is 0.421 e. The van der Waals surface area contributed by atoms with Gasteiger partial charge in [-0.2, -0.15) is 23.3 Å². The number of hydrogen-bond donors (Lipinski definition) is 2. The minimum absolute atomic E-state index is 0.0955. The van der Waals surface area contributed by atoms with E-state index in [4.69, 9.17) is 0 Å². The van der Waals surface area contributed by atoms with Crippen LogP contribution in [0.3, 0.4) is 0 Å². The lowest BCUT2D eigenvalue weighted by Gasteiger charge is -2.14. The average Bonchev–Trinajstić information content (AvgIpc) is 3.09. The maximum absolute atomic E-state index is 12.9. The van der Waals surface area contributed by atoms with Crippen LogP contribution in [-0.4, -0.2) is 26.8 Å². The molecule has 26 heavy (non-hydrogen) atoms. The van der Waals surface area contributed by atoms with Crippen molar-refractivity contribution in [1.82, 2.24) is 19.7 Å². The molecule has 0 saturated heterocycles. The summed E-state index contributed by atoms with van der Waals surface area (Å²) in [6, 6.07) is 0.344. The van der Waals surface area contributed by atoms with Gasteiger partial charge in [0, 0.05) is 13.2 Å². The van der Waals surface area contributed by atoms with E-state index in [0.717, 1.165) is 24.7 Å². The van der Waals surface area contributed by atoms with Crippen LogP contribution in [0, 0.1) is 18.8 Å². The van der Waals surface area contributed by atoms with Crippen molar-refractivity contribution >= 4 is 17.5 Å². The molecule has 2 aromatic heterocycles. The van der Waals surface area contributed by atoms with Crippen molar-refractivity contribution < 1.29 is 13.2 Å². The smallest absolute Gasteiger partial charge is 0.372 e. The molecule has 1 aliphatic carbocycles. The molecular weight excluding hydrogens is 345 g/mol. The van der Waals surface area contributed by atoms with E-state index in [9.17, 15) is 13.2 Å². The topological polar surface area (TPSA) is 67.7 Å². The zero-order valence-corrected chi connectivity index (χ0v) is 15.2. The van der Waals surface area contributed by atoms with E-state index in [0.29, 0.717) is 23.6 Å². The fourth-order valence-electron chi connectivity index (χ4n) is 3.49. The highest BCUT2D eigenvalue weighted by molar-refractivity contribution is 5.58. The van der Waals surface area contributed by atoms with Gasteiger partial charge in [0.1, 0.15) is 11.4 Å². The van der Waals surface area contributed by atoms with Gasteiger partial charge in [-0.1, -0.05) is 13.8 Å². The van der Waals surface area contributed by atoms with Gasteiger partial charge in [-0.05, 0) is 31.6 Å². The normalized spacial score (nSPS) is 23.3. The predicted molar refractivity (Wildman–Crippen MR) is 93.4 cm³/mol. The van der Waals surface area contributed by atoms with Gasteiger partial charge in [0.2, 0.25) is 5.95 Å². The van der Waals surface area contributed by atoms with Gasteiger partial charge in [-0.25, -0.2) is 4.98 Å². The van der Waals surface area contributed by atoms with Crippen LogP contribution in [-0.2, 0) is 6.18 Å². The lowest BCUT2D eigenvalue weighted by atomic mass is 10.0. The summed E-state index contributed by atoms with van der Waals surface area (Å²) in [5.74, 6) is 1.13. The Hall–Kier alpha value is -2.32. The van der Waals surface area contributed by atoms with Gasteiger partial charge in [-0.15, -0.1) is 0 Å². The molecule has 2 heterocycles. The molecule has 2 aromatic rings. The third-order valence-corrected chi connectivity index (χ3v) is 5.23. The Labute approximate surface area is 150 Å². The van der Waals surface area contributed by atoms with E-state index in [1.54, 1.807) is 6.20 Å². The highest BCUT2D eigenvalue weighted by atomic mass is 19.4. The van der Waals surface area contributed by atoms with Gasteiger partial charge >= 0.3 is 6.18 Å². The maximum atomic E-state index is 12.9. The monoisotopic (exact) mass is 368 g/mol. The Kier molecular flexibility index (Phi) is 4.81. The van der Waals surface area contributed by atoms with Crippen LogP contribution in [0.2, 0.25) is 0 Å². The number of nitrogens with one attached hydrogen (secondary N) is 2. The number of hydrogen-bond acceptors (Lipinski definition) is 5. The van der Waals surface area contributed by atoms with E-state index in [-0.39, 0.29) is 11.8 Å². The molecule has 0 aliphatic heterocycles. The summed E-state index contributed by atoms with van der Waals surface area (Å²) >= 11 is 0. The maximum Gasteiger partial charge on any atom is 0.421 e. The molecule has 0 bridgehead atoms. The van der Waals surface area contributed by atoms with E-state index in [1.807, 2.05) is 11.6 Å². The number of anilines is 3. The second-order valence-electron chi connectivity index (χ2n) is 7.00. The Morgan fingerprint density at radius 1 is 1.15 bits per heavy atom. The molecular formula is C17H23F3N6. The summed E-state index contributed by atoms with van der Waals surface area (Å²) in [5.41, 5.74) is 0.719. The zero-order valence-electron chi connectivity index (χ0n) is 15.2. The number of nitrogens with zero attached hydrogens (tertiary/aromatic N) is 4. The van der Waals surface area contributed by atoms with Crippen molar-refractivity contribution in [3.63, 3.8) is 0 Å². The standard InChI is InChI=1S/C17H23F3N6/c1-9-5-12(6-10(9)2)26-11(3)14(8-23-26)24-16-22-7-13(17(18,19)20)15(21-4)25-16/h7-10,12H,5-6H2,1-4H3,(H2,21,22,24,25)/t9-,10+,12?. The molecule has 1 unspecified atom stereocenters. The summed E-state index contributed by atoms with van der Waals surface area (Å²) in [6.45, 7) is 6.43. The minimum Gasteiger partial charge on any atom is -0.372 e. The third kappa shape index (κ3) is 3.47. The fourth-order valence-corrected chi connectivity index (χ4v) is 3.49. The SMILES string of the molecule is CNc1nc(Nc2cnn(C3C[C@@H](C)[C@@H](C)C3)c2C)ncc1C(F)(F)F. The first-order valence-corrected chi connectivity index (χ1v) is 8.63. The van der Waals surface area contributed by atoms with Crippen molar-refractivity contribution in [3.8, 4) is 0 Å². The van der Waals surface area contributed by atoms with Crippen LogP contribution in [0.15, 0.2) is 12.4 Å². The van der Waals surface area contributed by atoms with Crippen molar-refractivity contribution in [2.24, 2.45) is 11.8 Å². The molecule has 6 nitrogen and oxygen atoms in total. The van der Waals surface area contributed by atoms with Crippen LogP contribution in [0.5, 0.6) is 0 Å². The van der Waals surface area contributed by atoms with E-state index in [1.165, 1.54) is 7.05 Å². The fraction of sp³-hybridized carbons (Fsp3) is 0.588. The predicted octanol–water partition coefficient (Wildman–Crippen LogP) is 4.39. The van der Waals surface area contributed by atoms with Crippen LogP contribution < -0.4 is 10.6 Å². The van der Waals surface area contributed by atoms with Gasteiger partial charge in [0.15, 0.2) is 0 Å². The second kappa shape index (κ2) is 6.77. The van der Waals surface area contributed by atoms with Gasteiger partial charge in [0.25, 0.3) is 0 Å². The van der Waals surface area contributed by atoms with Gasteiger partial charge < -0.3 is 10.6 Å². The first-order valence-electron chi connectivity index (χ1n) is 8.63. The Morgan fingerprint density at radius 2 is 1.81 bits per heavy atom. The summed E-state index contributed by atoms with van der Waals surface area (Å²) in [7, 11) is 1.40. The average molecular weight is 368 g/mol. The molecule has 2 N–H and O–H groups in total.